The fourth-order valence-electron chi connectivity index (χ4n) is 2.61. The van der Waals surface area contributed by atoms with Gasteiger partial charge in [-0.15, -0.1) is 10.2 Å². The van der Waals surface area contributed by atoms with Gasteiger partial charge in [-0.05, 0) is 49.2 Å². The molecule has 1 aliphatic rings. The molecule has 25 heavy (non-hydrogen) atoms. The number of hydrogen-bond donors (Lipinski definition) is 2. The summed E-state index contributed by atoms with van der Waals surface area (Å²) >= 11 is 0. The van der Waals surface area contributed by atoms with Crippen LogP contribution in [0, 0.1) is 0 Å². The Morgan fingerprint density at radius 3 is 2.60 bits per heavy atom. The third-order valence-electron chi connectivity index (χ3n) is 4.07. The summed E-state index contributed by atoms with van der Waals surface area (Å²) in [4.78, 5) is 14.2. The molecule has 0 radical (unpaired) electrons. The van der Waals surface area contributed by atoms with Crippen molar-refractivity contribution in [1.82, 2.24) is 10.2 Å². The van der Waals surface area contributed by atoms with Crippen molar-refractivity contribution >= 4 is 23.1 Å². The topological polar surface area (TPSA) is 79.4 Å². The average molecular weight is 341 g/mol. The smallest absolute Gasteiger partial charge is 0.276 e. The third-order valence-corrected chi connectivity index (χ3v) is 4.07. The molecule has 1 saturated heterocycles. The van der Waals surface area contributed by atoms with Crippen LogP contribution < -0.4 is 15.5 Å². The number of benzene rings is 1. The molecule has 132 valence electrons. The molecule has 1 atom stereocenters. The number of carbonyl (C=O) groups is 1. The fraction of sp³-hybridized carbons (Fsp3) is 0.389. The molecule has 0 spiro atoms. The van der Waals surface area contributed by atoms with Crippen LogP contribution in [-0.2, 0) is 4.74 Å². The molecule has 1 aliphatic heterocycles. The van der Waals surface area contributed by atoms with Crippen molar-refractivity contribution in [3.63, 3.8) is 0 Å². The number of nitrogens with zero attached hydrogens (tertiary/aromatic N) is 3. The van der Waals surface area contributed by atoms with Gasteiger partial charge in [0.25, 0.3) is 5.91 Å². The van der Waals surface area contributed by atoms with E-state index in [9.17, 15) is 4.79 Å². The van der Waals surface area contributed by atoms with Gasteiger partial charge in [-0.3, -0.25) is 4.79 Å². The summed E-state index contributed by atoms with van der Waals surface area (Å²) in [5.74, 6) is 0.359. The normalized spacial score (nSPS) is 16.5. The van der Waals surface area contributed by atoms with Crippen molar-refractivity contribution in [3.05, 3.63) is 42.1 Å². The minimum Gasteiger partial charge on any atom is -0.378 e. The van der Waals surface area contributed by atoms with Crippen LogP contribution in [0.1, 0.15) is 23.3 Å². The molecule has 0 bridgehead atoms. The van der Waals surface area contributed by atoms with Crippen LogP contribution in [-0.4, -0.2) is 49.5 Å². The summed E-state index contributed by atoms with van der Waals surface area (Å²) in [5, 5.41) is 14.1. The second-order valence-corrected chi connectivity index (χ2v) is 6.22. The molecule has 1 aromatic heterocycles. The number of nitrogens with one attached hydrogen (secondary N) is 2. The molecule has 3 rings (SSSR count). The molecular weight excluding hydrogens is 318 g/mol. The number of ether oxygens (including phenoxy) is 1. The molecule has 1 fully saturated rings. The highest BCUT2D eigenvalue weighted by Gasteiger charge is 2.15. The monoisotopic (exact) mass is 341 g/mol. The molecule has 2 heterocycles. The van der Waals surface area contributed by atoms with E-state index in [-0.39, 0.29) is 17.7 Å². The van der Waals surface area contributed by atoms with Gasteiger partial charge in [0, 0.05) is 38.6 Å². The highest BCUT2D eigenvalue weighted by molar-refractivity contribution is 6.02. The van der Waals surface area contributed by atoms with E-state index in [1.807, 2.05) is 43.3 Å². The number of carbonyl (C=O) groups excluding carboxylic acids is 1. The quantitative estimate of drug-likeness (QED) is 0.840. The van der Waals surface area contributed by atoms with E-state index in [2.05, 4.69) is 20.8 Å². The van der Waals surface area contributed by atoms with Crippen molar-refractivity contribution in [3.8, 4) is 0 Å². The lowest BCUT2D eigenvalue weighted by Crippen LogP contribution is -2.20. The van der Waals surface area contributed by atoms with Crippen molar-refractivity contribution in [1.29, 1.82) is 0 Å². The molecule has 2 aromatic rings. The Balaban J connectivity index is 1.54. The van der Waals surface area contributed by atoms with Crippen molar-refractivity contribution in [2.24, 2.45) is 0 Å². The summed E-state index contributed by atoms with van der Waals surface area (Å²) < 4.78 is 5.55. The van der Waals surface area contributed by atoms with Crippen LogP contribution in [0.5, 0.6) is 0 Å². The predicted octanol–water partition coefficient (Wildman–Crippen LogP) is 2.39. The second-order valence-electron chi connectivity index (χ2n) is 6.22. The van der Waals surface area contributed by atoms with Gasteiger partial charge in [0.05, 0.1) is 6.10 Å². The SMILES string of the molecule is CN(C)c1ccc(NC(=O)c2ccc(NCC3CCCO3)nn2)cc1. The lowest BCUT2D eigenvalue weighted by atomic mass is 10.2. The number of rotatable bonds is 6. The zero-order chi connectivity index (χ0) is 17.6. The van der Waals surface area contributed by atoms with E-state index in [0.29, 0.717) is 12.4 Å². The molecule has 1 aromatic carbocycles. The first-order valence-electron chi connectivity index (χ1n) is 8.40. The van der Waals surface area contributed by atoms with Gasteiger partial charge in [0.2, 0.25) is 0 Å². The molecule has 1 amide bonds. The highest BCUT2D eigenvalue weighted by Crippen LogP contribution is 2.16. The molecule has 7 heteroatoms. The summed E-state index contributed by atoms with van der Waals surface area (Å²) in [6.45, 7) is 1.53. The van der Waals surface area contributed by atoms with Crippen LogP contribution in [0.25, 0.3) is 0 Å². The summed E-state index contributed by atoms with van der Waals surface area (Å²) in [6.07, 6.45) is 2.40. The van der Waals surface area contributed by atoms with Gasteiger partial charge in [-0.1, -0.05) is 0 Å². The van der Waals surface area contributed by atoms with Crippen LogP contribution in [0.2, 0.25) is 0 Å². The molecule has 1 unspecified atom stereocenters. The first kappa shape index (κ1) is 17.2. The number of amides is 1. The van der Waals surface area contributed by atoms with Gasteiger partial charge < -0.3 is 20.3 Å². The molecule has 2 N–H and O–H groups in total. The van der Waals surface area contributed by atoms with Gasteiger partial charge in [0.1, 0.15) is 5.82 Å². The first-order valence-corrected chi connectivity index (χ1v) is 8.40. The minimum atomic E-state index is -0.282. The number of aromatic nitrogens is 2. The maximum absolute atomic E-state index is 12.2. The van der Waals surface area contributed by atoms with Crippen LogP contribution in [0.4, 0.5) is 17.2 Å². The Labute approximate surface area is 147 Å². The zero-order valence-electron chi connectivity index (χ0n) is 14.5. The van der Waals surface area contributed by atoms with E-state index in [1.165, 1.54) is 0 Å². The van der Waals surface area contributed by atoms with Crippen molar-refractivity contribution in [2.75, 3.05) is 42.8 Å². The van der Waals surface area contributed by atoms with E-state index >= 15 is 0 Å². The van der Waals surface area contributed by atoms with E-state index in [1.54, 1.807) is 12.1 Å². The largest absolute Gasteiger partial charge is 0.378 e. The second kappa shape index (κ2) is 7.94. The Bertz CT molecular complexity index is 694. The summed E-state index contributed by atoms with van der Waals surface area (Å²) in [5.41, 5.74) is 2.07. The van der Waals surface area contributed by atoms with Gasteiger partial charge in [0.15, 0.2) is 5.69 Å². The van der Waals surface area contributed by atoms with Gasteiger partial charge >= 0.3 is 0 Å². The minimum absolute atomic E-state index is 0.231. The lowest BCUT2D eigenvalue weighted by molar-refractivity contribution is 0.102. The summed E-state index contributed by atoms with van der Waals surface area (Å²) in [7, 11) is 3.94. The Kier molecular flexibility index (Phi) is 5.45. The molecule has 0 aliphatic carbocycles. The first-order chi connectivity index (χ1) is 12.1. The van der Waals surface area contributed by atoms with E-state index < -0.39 is 0 Å². The van der Waals surface area contributed by atoms with Gasteiger partial charge in [-0.2, -0.15) is 0 Å². The fourth-order valence-corrected chi connectivity index (χ4v) is 2.61. The number of hydrogen-bond acceptors (Lipinski definition) is 6. The third kappa shape index (κ3) is 4.67. The van der Waals surface area contributed by atoms with Crippen molar-refractivity contribution < 1.29 is 9.53 Å². The maximum atomic E-state index is 12.2. The summed E-state index contributed by atoms with van der Waals surface area (Å²) in [6, 6.07) is 11.0. The molecule has 7 nitrogen and oxygen atoms in total. The standard InChI is InChI=1S/C18H23N5O2/c1-23(2)14-7-5-13(6-8-14)20-18(24)16-9-10-17(22-21-16)19-12-15-4-3-11-25-15/h5-10,15H,3-4,11-12H2,1-2H3,(H,19,22)(H,20,24). The Hall–Kier alpha value is -2.67. The van der Waals surface area contributed by atoms with Crippen LogP contribution in [0.15, 0.2) is 36.4 Å². The van der Waals surface area contributed by atoms with E-state index in [4.69, 9.17) is 4.74 Å². The van der Waals surface area contributed by atoms with Crippen molar-refractivity contribution in [2.45, 2.75) is 18.9 Å². The predicted molar refractivity (Wildman–Crippen MR) is 98.2 cm³/mol. The Morgan fingerprint density at radius 1 is 1.20 bits per heavy atom. The van der Waals surface area contributed by atoms with Gasteiger partial charge in [-0.25, -0.2) is 0 Å². The molecular formula is C18H23N5O2. The molecule has 0 saturated carbocycles. The lowest BCUT2D eigenvalue weighted by Gasteiger charge is -2.13. The van der Waals surface area contributed by atoms with Crippen LogP contribution >= 0.6 is 0 Å². The number of anilines is 3. The zero-order valence-corrected chi connectivity index (χ0v) is 14.5. The Morgan fingerprint density at radius 2 is 2.00 bits per heavy atom. The highest BCUT2D eigenvalue weighted by atomic mass is 16.5. The van der Waals surface area contributed by atoms with Crippen LogP contribution in [0.3, 0.4) is 0 Å². The maximum Gasteiger partial charge on any atom is 0.276 e. The average Bonchev–Trinajstić information content (AvgIpc) is 3.14. The van der Waals surface area contributed by atoms with E-state index in [0.717, 1.165) is 30.8 Å².